The van der Waals surface area contributed by atoms with Crippen LogP contribution < -0.4 is 0 Å². The van der Waals surface area contributed by atoms with Crippen LogP contribution >= 0.6 is 11.6 Å². The van der Waals surface area contributed by atoms with E-state index in [9.17, 15) is 9.90 Å². The van der Waals surface area contributed by atoms with Gasteiger partial charge in [-0.25, -0.2) is 0 Å². The Morgan fingerprint density at radius 2 is 2.23 bits per heavy atom. The van der Waals surface area contributed by atoms with Crippen LogP contribution in [0.3, 0.4) is 0 Å². The van der Waals surface area contributed by atoms with Crippen molar-refractivity contribution < 1.29 is 9.90 Å². The molecule has 3 heteroatoms. The van der Waals surface area contributed by atoms with E-state index in [1.807, 2.05) is 0 Å². The fraction of sp³-hybridized carbons (Fsp3) is 0.100. The second kappa shape index (κ2) is 4.10. The zero-order valence-electron chi connectivity index (χ0n) is 7.12. The van der Waals surface area contributed by atoms with E-state index >= 15 is 0 Å². The Morgan fingerprint density at radius 3 is 2.85 bits per heavy atom. The van der Waals surface area contributed by atoms with Crippen LogP contribution in [0.5, 0.6) is 5.75 Å². The zero-order chi connectivity index (χ0) is 9.84. The molecule has 1 N–H and O–H groups in total. The van der Waals surface area contributed by atoms with E-state index < -0.39 is 0 Å². The number of hydrogen-bond donors (Lipinski definition) is 1. The Morgan fingerprint density at radius 1 is 1.54 bits per heavy atom. The lowest BCUT2D eigenvalue weighted by atomic mass is 10.2. The third-order valence-corrected chi connectivity index (χ3v) is 1.92. The maximum Gasteiger partial charge on any atom is 0.152 e. The number of phenolic OH excluding ortho intramolecular Hbond substituents is 1. The Kier molecular flexibility index (Phi) is 3.09. The average molecular weight is 197 g/mol. The topological polar surface area (TPSA) is 37.3 Å². The molecule has 0 heterocycles. The minimum absolute atomic E-state index is 0.0207. The molecule has 0 spiro atoms. The van der Waals surface area contributed by atoms with Crippen molar-refractivity contribution in [3.63, 3.8) is 0 Å². The van der Waals surface area contributed by atoms with Crippen LogP contribution in [0.25, 0.3) is 6.08 Å². The molecule has 0 aliphatic heterocycles. The Balaban J connectivity index is 3.02. The molecular formula is C10H9ClO2. The van der Waals surface area contributed by atoms with Crippen LogP contribution in [0.1, 0.15) is 12.5 Å². The van der Waals surface area contributed by atoms with Gasteiger partial charge in [-0.3, -0.25) is 4.79 Å². The van der Waals surface area contributed by atoms with Crippen LogP contribution in [-0.4, -0.2) is 10.9 Å². The fourth-order valence-electron chi connectivity index (χ4n) is 0.873. The van der Waals surface area contributed by atoms with Crippen molar-refractivity contribution in [2.24, 2.45) is 0 Å². The lowest BCUT2D eigenvalue weighted by Gasteiger charge is -1.99. The molecule has 1 aromatic rings. The average Bonchev–Trinajstić information content (AvgIpc) is 2.07. The van der Waals surface area contributed by atoms with Gasteiger partial charge in [0.2, 0.25) is 0 Å². The van der Waals surface area contributed by atoms with Crippen LogP contribution in [0, 0.1) is 0 Å². The van der Waals surface area contributed by atoms with Crippen molar-refractivity contribution in [1.29, 1.82) is 0 Å². The van der Waals surface area contributed by atoms with Crippen molar-refractivity contribution >= 4 is 23.5 Å². The molecule has 1 rings (SSSR count). The van der Waals surface area contributed by atoms with E-state index in [0.29, 0.717) is 5.56 Å². The Labute approximate surface area is 81.5 Å². The van der Waals surface area contributed by atoms with Crippen molar-refractivity contribution in [3.05, 3.63) is 34.9 Å². The first kappa shape index (κ1) is 9.81. The number of rotatable bonds is 2. The van der Waals surface area contributed by atoms with Crippen LogP contribution in [0.2, 0.25) is 5.02 Å². The van der Waals surface area contributed by atoms with Crippen molar-refractivity contribution in [3.8, 4) is 5.75 Å². The largest absolute Gasteiger partial charge is 0.506 e. The summed E-state index contributed by atoms with van der Waals surface area (Å²) in [5, 5.41) is 9.48. The summed E-state index contributed by atoms with van der Waals surface area (Å²) in [7, 11) is 0. The first-order chi connectivity index (χ1) is 6.11. The highest BCUT2D eigenvalue weighted by atomic mass is 35.5. The summed E-state index contributed by atoms with van der Waals surface area (Å²) < 4.78 is 0. The minimum Gasteiger partial charge on any atom is -0.506 e. The maximum absolute atomic E-state index is 10.6. The summed E-state index contributed by atoms with van der Waals surface area (Å²) in [4.78, 5) is 10.6. The quantitative estimate of drug-likeness (QED) is 0.739. The first-order valence-electron chi connectivity index (χ1n) is 3.77. The van der Waals surface area contributed by atoms with Gasteiger partial charge in [0.15, 0.2) is 5.78 Å². The molecule has 0 bridgehead atoms. The maximum atomic E-state index is 10.6. The number of carbonyl (C=O) groups is 1. The molecule has 68 valence electrons. The zero-order valence-corrected chi connectivity index (χ0v) is 7.88. The molecule has 0 fully saturated rings. The summed E-state index contributed by atoms with van der Waals surface area (Å²) >= 11 is 5.76. The number of hydrogen-bond acceptors (Lipinski definition) is 2. The SMILES string of the molecule is CC(=O)/C=C/c1cccc(O)c1Cl. The number of allylic oxidation sites excluding steroid dienone is 1. The molecule has 0 unspecified atom stereocenters. The van der Waals surface area contributed by atoms with E-state index in [-0.39, 0.29) is 16.6 Å². The van der Waals surface area contributed by atoms with Gasteiger partial charge in [0.25, 0.3) is 0 Å². The predicted molar refractivity (Wildman–Crippen MR) is 52.8 cm³/mol. The molecule has 0 amide bonds. The molecule has 0 aliphatic carbocycles. The third kappa shape index (κ3) is 2.60. The number of halogens is 1. The molecule has 2 nitrogen and oxygen atoms in total. The minimum atomic E-state index is -0.0561. The highest BCUT2D eigenvalue weighted by Gasteiger charge is 2.00. The van der Waals surface area contributed by atoms with Gasteiger partial charge in [0.1, 0.15) is 5.75 Å². The first-order valence-corrected chi connectivity index (χ1v) is 4.15. The van der Waals surface area contributed by atoms with Gasteiger partial charge in [-0.15, -0.1) is 0 Å². The van der Waals surface area contributed by atoms with Gasteiger partial charge in [-0.2, -0.15) is 0 Å². The summed E-state index contributed by atoms with van der Waals surface area (Å²) in [5.41, 5.74) is 0.636. The normalized spacial score (nSPS) is 10.6. The highest BCUT2D eigenvalue weighted by Crippen LogP contribution is 2.27. The fourth-order valence-corrected chi connectivity index (χ4v) is 1.06. The lowest BCUT2D eigenvalue weighted by molar-refractivity contribution is -0.112. The van der Waals surface area contributed by atoms with E-state index in [0.717, 1.165) is 0 Å². The van der Waals surface area contributed by atoms with Crippen molar-refractivity contribution in [1.82, 2.24) is 0 Å². The van der Waals surface area contributed by atoms with E-state index in [2.05, 4.69) is 0 Å². The monoisotopic (exact) mass is 196 g/mol. The van der Waals surface area contributed by atoms with Crippen molar-refractivity contribution in [2.45, 2.75) is 6.92 Å². The van der Waals surface area contributed by atoms with Crippen LogP contribution in [-0.2, 0) is 4.79 Å². The number of phenols is 1. The molecule has 0 saturated carbocycles. The van der Waals surface area contributed by atoms with Gasteiger partial charge in [0, 0.05) is 0 Å². The second-order valence-corrected chi connectivity index (χ2v) is 3.00. The third-order valence-electron chi connectivity index (χ3n) is 1.51. The molecule has 0 radical (unpaired) electrons. The Bertz CT molecular complexity index is 356. The number of ketones is 1. The molecule has 0 aromatic heterocycles. The van der Waals surface area contributed by atoms with Gasteiger partial charge >= 0.3 is 0 Å². The summed E-state index contributed by atoms with van der Waals surface area (Å²) in [6, 6.07) is 4.88. The predicted octanol–water partition coefficient (Wildman–Crippen LogP) is 2.65. The Hall–Kier alpha value is -1.28. The summed E-state index contributed by atoms with van der Waals surface area (Å²) in [5.74, 6) is -0.0354. The van der Waals surface area contributed by atoms with Crippen molar-refractivity contribution in [2.75, 3.05) is 0 Å². The van der Waals surface area contributed by atoms with E-state index in [4.69, 9.17) is 11.6 Å². The van der Waals surface area contributed by atoms with Crippen LogP contribution in [0.4, 0.5) is 0 Å². The number of benzene rings is 1. The number of carbonyl (C=O) groups excluding carboxylic acids is 1. The lowest BCUT2D eigenvalue weighted by Crippen LogP contribution is -1.81. The standard InChI is InChI=1S/C10H9ClO2/c1-7(12)5-6-8-3-2-4-9(13)10(8)11/h2-6,13H,1H3/b6-5+. The molecule has 13 heavy (non-hydrogen) atoms. The smallest absolute Gasteiger partial charge is 0.152 e. The summed E-state index contributed by atoms with van der Waals surface area (Å²) in [6.07, 6.45) is 2.98. The van der Waals surface area contributed by atoms with Gasteiger partial charge < -0.3 is 5.11 Å². The van der Waals surface area contributed by atoms with E-state index in [1.165, 1.54) is 19.1 Å². The molecular weight excluding hydrogens is 188 g/mol. The van der Waals surface area contributed by atoms with Gasteiger partial charge in [-0.05, 0) is 30.7 Å². The summed E-state index contributed by atoms with van der Waals surface area (Å²) in [6.45, 7) is 1.45. The molecule has 0 saturated heterocycles. The van der Waals surface area contributed by atoms with Gasteiger partial charge in [-0.1, -0.05) is 23.7 Å². The van der Waals surface area contributed by atoms with Crippen LogP contribution in [0.15, 0.2) is 24.3 Å². The number of aromatic hydroxyl groups is 1. The molecule has 0 atom stereocenters. The molecule has 0 aliphatic rings. The van der Waals surface area contributed by atoms with Gasteiger partial charge in [0.05, 0.1) is 5.02 Å². The molecule has 1 aromatic carbocycles. The van der Waals surface area contributed by atoms with E-state index in [1.54, 1.807) is 18.2 Å². The second-order valence-electron chi connectivity index (χ2n) is 2.62. The highest BCUT2D eigenvalue weighted by molar-refractivity contribution is 6.33.